The van der Waals surface area contributed by atoms with Crippen LogP contribution >= 0.6 is 0 Å². The van der Waals surface area contributed by atoms with E-state index in [1.54, 1.807) is 27.7 Å². The van der Waals surface area contributed by atoms with Crippen LogP contribution in [-0.4, -0.2) is 73.1 Å². The standard InChI is InChI=1S/C15H16O6.C10H16O5.C7H8O3/c1-4-20-13(17)7-10-8(2)14-11(19-3)5-9(16)6-12(14)21-15(10)18;1-4-14-9(12)6-8(7(3)11)10(13)15-5-2;1-10-7-3-5(8)2-6(9)4-7/h5-6,16H,4,7H2,1-3H3;8H,4-6H2,1-3H3;2-4,8-9H,1H3. The number of hydrogen-bond acceptors (Lipinski definition) is 14. The van der Waals surface area contributed by atoms with Crippen LogP contribution in [0.15, 0.2) is 39.5 Å². The maximum Gasteiger partial charge on any atom is 0.340 e. The number of Topliss-reactive ketones (excluding diaryl/α,β-unsaturated/α-hetero) is 1. The van der Waals surface area contributed by atoms with Crippen molar-refractivity contribution in [3.05, 3.63) is 51.9 Å². The molecule has 0 aliphatic heterocycles. The number of fused-ring (bicyclic) bond motifs is 1. The van der Waals surface area contributed by atoms with Crippen molar-refractivity contribution in [2.75, 3.05) is 34.0 Å². The fraction of sp³-hybridized carbons (Fsp3) is 0.406. The Labute approximate surface area is 265 Å². The predicted octanol–water partition coefficient (Wildman–Crippen LogP) is 3.74. The van der Waals surface area contributed by atoms with Crippen LogP contribution in [0.2, 0.25) is 0 Å². The highest BCUT2D eigenvalue weighted by molar-refractivity contribution is 6.00. The van der Waals surface area contributed by atoms with E-state index in [1.165, 1.54) is 51.5 Å². The van der Waals surface area contributed by atoms with Crippen molar-refractivity contribution in [1.29, 1.82) is 0 Å². The summed E-state index contributed by atoms with van der Waals surface area (Å²) in [5, 5.41) is 27.9. The van der Waals surface area contributed by atoms with Gasteiger partial charge in [-0.15, -0.1) is 0 Å². The number of ether oxygens (including phenoxy) is 5. The Morgan fingerprint density at radius 3 is 1.83 bits per heavy atom. The van der Waals surface area contributed by atoms with Gasteiger partial charge in [-0.3, -0.25) is 19.2 Å². The number of hydrogen-bond donors (Lipinski definition) is 3. The molecule has 0 bridgehead atoms. The second-order valence-corrected chi connectivity index (χ2v) is 9.31. The predicted molar refractivity (Wildman–Crippen MR) is 164 cm³/mol. The lowest BCUT2D eigenvalue weighted by molar-refractivity contribution is -0.157. The summed E-state index contributed by atoms with van der Waals surface area (Å²) in [5.41, 5.74) is 0.388. The van der Waals surface area contributed by atoms with Crippen molar-refractivity contribution >= 4 is 34.7 Å². The average Bonchev–Trinajstić information content (AvgIpc) is 2.97. The zero-order valence-electron chi connectivity index (χ0n) is 26.8. The Balaban J connectivity index is 0.000000370. The summed E-state index contributed by atoms with van der Waals surface area (Å²) >= 11 is 0. The molecule has 3 N–H and O–H groups in total. The minimum absolute atomic E-state index is 0.00292. The molecule has 0 saturated carbocycles. The number of carbonyl (C=O) groups excluding carboxylic acids is 4. The van der Waals surface area contributed by atoms with E-state index in [0.717, 1.165) is 0 Å². The third-order valence-electron chi connectivity index (χ3n) is 6.02. The number of aryl methyl sites for hydroxylation is 1. The van der Waals surface area contributed by atoms with Crippen LogP contribution in [0.25, 0.3) is 11.0 Å². The second-order valence-electron chi connectivity index (χ2n) is 9.31. The van der Waals surface area contributed by atoms with Gasteiger partial charge in [0.1, 0.15) is 46.0 Å². The van der Waals surface area contributed by atoms with E-state index < -0.39 is 29.5 Å². The number of aromatic hydroxyl groups is 3. The van der Waals surface area contributed by atoms with Gasteiger partial charge in [0.15, 0.2) is 0 Å². The smallest absolute Gasteiger partial charge is 0.340 e. The van der Waals surface area contributed by atoms with Crippen LogP contribution in [0.5, 0.6) is 28.7 Å². The minimum Gasteiger partial charge on any atom is -0.508 e. The summed E-state index contributed by atoms with van der Waals surface area (Å²) < 4.78 is 29.3. The molecule has 2 aromatic carbocycles. The summed E-state index contributed by atoms with van der Waals surface area (Å²) in [4.78, 5) is 57.0. The number of phenols is 3. The molecule has 0 radical (unpaired) electrons. The Kier molecular flexibility index (Phi) is 16.2. The number of ketones is 1. The van der Waals surface area contributed by atoms with E-state index >= 15 is 0 Å². The summed E-state index contributed by atoms with van der Waals surface area (Å²) in [5.74, 6) is -2.41. The van der Waals surface area contributed by atoms with Gasteiger partial charge in [-0.2, -0.15) is 0 Å². The molecular formula is C32H40O14. The highest BCUT2D eigenvalue weighted by atomic mass is 16.5. The van der Waals surface area contributed by atoms with Crippen molar-refractivity contribution in [3.8, 4) is 28.7 Å². The molecule has 3 rings (SSSR count). The van der Waals surface area contributed by atoms with Gasteiger partial charge in [0.05, 0.1) is 57.8 Å². The summed E-state index contributed by atoms with van der Waals surface area (Å²) in [6.45, 7) is 8.60. The summed E-state index contributed by atoms with van der Waals surface area (Å²) in [6, 6.07) is 6.83. The first-order valence-corrected chi connectivity index (χ1v) is 14.1. The fourth-order valence-electron chi connectivity index (χ4n) is 3.92. The highest BCUT2D eigenvalue weighted by Crippen LogP contribution is 2.33. The SMILES string of the molecule is CCOC(=O)CC(C(C)=O)C(=O)OCC.CCOC(=O)Cc1c(C)c2c(OC)cc(O)cc2oc1=O.COc1cc(O)cc(O)c1. The Morgan fingerprint density at radius 2 is 1.33 bits per heavy atom. The van der Waals surface area contributed by atoms with Gasteiger partial charge >= 0.3 is 23.5 Å². The monoisotopic (exact) mass is 648 g/mol. The van der Waals surface area contributed by atoms with E-state index in [4.69, 9.17) is 28.8 Å². The van der Waals surface area contributed by atoms with E-state index in [9.17, 15) is 29.1 Å². The molecule has 1 unspecified atom stereocenters. The van der Waals surface area contributed by atoms with Crippen molar-refractivity contribution in [2.24, 2.45) is 5.92 Å². The first-order chi connectivity index (χ1) is 21.7. The molecule has 252 valence electrons. The number of esters is 3. The van der Waals surface area contributed by atoms with Crippen LogP contribution in [0.4, 0.5) is 0 Å². The maximum absolute atomic E-state index is 12.0. The van der Waals surface area contributed by atoms with Gasteiger partial charge in [0.2, 0.25) is 0 Å². The molecule has 46 heavy (non-hydrogen) atoms. The number of carbonyl (C=O) groups is 4. The van der Waals surface area contributed by atoms with Gasteiger partial charge in [0, 0.05) is 30.3 Å². The van der Waals surface area contributed by atoms with Crippen LogP contribution in [-0.2, 0) is 39.8 Å². The van der Waals surface area contributed by atoms with Crippen molar-refractivity contribution in [2.45, 2.75) is 47.5 Å². The van der Waals surface area contributed by atoms with Gasteiger partial charge in [-0.05, 0) is 40.2 Å². The molecule has 3 aromatic rings. The first kappa shape index (κ1) is 38.8. The van der Waals surface area contributed by atoms with Crippen molar-refractivity contribution in [1.82, 2.24) is 0 Å². The highest BCUT2D eigenvalue weighted by Gasteiger charge is 2.28. The van der Waals surface area contributed by atoms with Crippen LogP contribution in [0.1, 0.15) is 45.2 Å². The zero-order chi connectivity index (χ0) is 35.0. The number of phenolic OH excluding ortho intramolecular Hbond substituents is 3. The second kappa shape index (κ2) is 19.2. The topological polar surface area (TPSA) is 205 Å². The molecule has 14 heteroatoms. The summed E-state index contributed by atoms with van der Waals surface area (Å²) in [6.07, 6.45) is -0.413. The lowest BCUT2D eigenvalue weighted by Crippen LogP contribution is -2.27. The Bertz CT molecular complexity index is 1540. The molecule has 0 aliphatic rings. The third kappa shape index (κ3) is 12.0. The van der Waals surface area contributed by atoms with Crippen molar-refractivity contribution < 1.29 is 62.6 Å². The van der Waals surface area contributed by atoms with Crippen LogP contribution < -0.4 is 15.1 Å². The fourth-order valence-corrected chi connectivity index (χ4v) is 3.92. The van der Waals surface area contributed by atoms with Gasteiger partial charge in [-0.1, -0.05) is 0 Å². The van der Waals surface area contributed by atoms with Gasteiger partial charge < -0.3 is 43.4 Å². The zero-order valence-corrected chi connectivity index (χ0v) is 26.8. The maximum atomic E-state index is 12.0. The van der Waals surface area contributed by atoms with Gasteiger partial charge in [0.25, 0.3) is 0 Å². The summed E-state index contributed by atoms with van der Waals surface area (Å²) in [7, 11) is 2.91. The minimum atomic E-state index is -1.04. The Hall–Kier alpha value is -5.27. The number of benzene rings is 2. The van der Waals surface area contributed by atoms with Crippen LogP contribution in [0, 0.1) is 12.8 Å². The van der Waals surface area contributed by atoms with E-state index in [0.29, 0.717) is 22.4 Å². The van der Waals surface area contributed by atoms with Crippen molar-refractivity contribution in [3.63, 3.8) is 0 Å². The molecule has 1 aromatic heterocycles. The molecule has 0 saturated heterocycles. The Morgan fingerprint density at radius 1 is 0.783 bits per heavy atom. The molecular weight excluding hydrogens is 608 g/mol. The lowest BCUT2D eigenvalue weighted by atomic mass is 10.0. The molecule has 0 spiro atoms. The van der Waals surface area contributed by atoms with Crippen LogP contribution in [0.3, 0.4) is 0 Å². The van der Waals surface area contributed by atoms with E-state index in [-0.39, 0.29) is 66.8 Å². The third-order valence-corrected chi connectivity index (χ3v) is 6.02. The number of methoxy groups -OCH3 is 2. The first-order valence-electron chi connectivity index (χ1n) is 14.1. The van der Waals surface area contributed by atoms with E-state index in [1.807, 2.05) is 0 Å². The number of rotatable bonds is 11. The molecule has 1 heterocycles. The molecule has 0 aliphatic carbocycles. The average molecular weight is 649 g/mol. The largest absolute Gasteiger partial charge is 0.508 e. The molecule has 0 fully saturated rings. The quantitative estimate of drug-likeness (QED) is 0.117. The van der Waals surface area contributed by atoms with Gasteiger partial charge in [-0.25, -0.2) is 4.79 Å². The normalized spacial score (nSPS) is 10.7. The molecule has 0 amide bonds. The molecule has 1 atom stereocenters. The van der Waals surface area contributed by atoms with E-state index in [2.05, 4.69) is 9.47 Å². The molecule has 14 nitrogen and oxygen atoms in total. The lowest BCUT2D eigenvalue weighted by Gasteiger charge is -2.11.